The molecular formula is C8H7O6P. The lowest BCUT2D eigenvalue weighted by molar-refractivity contribution is 0.0697. The number of rotatable bonds is 3. The van der Waals surface area contributed by atoms with Crippen molar-refractivity contribution in [3.63, 3.8) is 0 Å². The minimum absolute atomic E-state index is 0.0123. The Hall–Kier alpha value is -1.49. The van der Waals surface area contributed by atoms with Crippen LogP contribution < -0.4 is 5.30 Å². The largest absolute Gasteiger partial charge is 0.478 e. The van der Waals surface area contributed by atoms with Crippen LogP contribution in [0.3, 0.4) is 0 Å². The normalized spacial score (nSPS) is 11.1. The molecule has 0 unspecified atom stereocenters. The van der Waals surface area contributed by atoms with Gasteiger partial charge in [0.05, 0.1) is 10.9 Å². The Morgan fingerprint density at radius 3 is 2.33 bits per heavy atom. The third kappa shape index (κ3) is 2.50. The van der Waals surface area contributed by atoms with Crippen molar-refractivity contribution in [2.75, 3.05) is 0 Å². The molecule has 80 valence electrons. The van der Waals surface area contributed by atoms with Gasteiger partial charge in [-0.25, -0.2) is 4.79 Å². The molecule has 0 fully saturated rings. The summed E-state index contributed by atoms with van der Waals surface area (Å²) in [6.45, 7) is 0. The Bertz CT molecular complexity index is 460. The lowest BCUT2D eigenvalue weighted by Gasteiger charge is -2.07. The molecule has 1 aromatic carbocycles. The van der Waals surface area contributed by atoms with Gasteiger partial charge in [0.25, 0.3) is 0 Å². The number of hydrogen-bond donors (Lipinski definition) is 3. The Morgan fingerprint density at radius 2 is 1.93 bits per heavy atom. The minimum atomic E-state index is -4.69. The van der Waals surface area contributed by atoms with Crippen LogP contribution in [0, 0.1) is 0 Å². The van der Waals surface area contributed by atoms with Crippen LogP contribution in [-0.4, -0.2) is 27.1 Å². The van der Waals surface area contributed by atoms with Crippen molar-refractivity contribution in [3.8, 4) is 0 Å². The second-order valence-corrected chi connectivity index (χ2v) is 4.31. The first-order valence-corrected chi connectivity index (χ1v) is 5.36. The van der Waals surface area contributed by atoms with Gasteiger partial charge in [-0.15, -0.1) is 0 Å². The van der Waals surface area contributed by atoms with E-state index >= 15 is 0 Å². The molecule has 0 aromatic heterocycles. The van der Waals surface area contributed by atoms with Crippen LogP contribution in [0.25, 0.3) is 0 Å². The molecule has 0 radical (unpaired) electrons. The van der Waals surface area contributed by atoms with Crippen molar-refractivity contribution >= 4 is 25.2 Å². The summed E-state index contributed by atoms with van der Waals surface area (Å²) < 4.78 is 10.9. The van der Waals surface area contributed by atoms with Crippen molar-refractivity contribution in [1.82, 2.24) is 0 Å². The van der Waals surface area contributed by atoms with E-state index in [4.69, 9.17) is 14.9 Å². The summed E-state index contributed by atoms with van der Waals surface area (Å²) in [6.07, 6.45) is 0.380. The number of carboxylic acid groups (broad SMARTS) is 1. The first-order chi connectivity index (χ1) is 6.86. The Morgan fingerprint density at radius 1 is 1.33 bits per heavy atom. The number of aromatic carboxylic acids is 1. The van der Waals surface area contributed by atoms with Crippen LogP contribution in [-0.2, 0) is 4.57 Å². The summed E-state index contributed by atoms with van der Waals surface area (Å²) in [5.41, 5.74) is -0.493. The van der Waals surface area contributed by atoms with Gasteiger partial charge in [0, 0.05) is 5.56 Å². The third-order valence-electron chi connectivity index (χ3n) is 1.70. The topological polar surface area (TPSA) is 112 Å². The first-order valence-electron chi connectivity index (χ1n) is 3.75. The summed E-state index contributed by atoms with van der Waals surface area (Å²) in [5.74, 6) is -1.45. The van der Waals surface area contributed by atoms with Crippen molar-refractivity contribution in [3.05, 3.63) is 29.3 Å². The predicted octanol–water partition coefficient (Wildman–Crippen LogP) is 0.000300. The van der Waals surface area contributed by atoms with Crippen LogP contribution >= 0.6 is 7.60 Å². The van der Waals surface area contributed by atoms with Gasteiger partial charge in [0.1, 0.15) is 6.29 Å². The van der Waals surface area contributed by atoms with E-state index in [9.17, 15) is 14.2 Å². The highest BCUT2D eigenvalue weighted by Gasteiger charge is 2.25. The van der Waals surface area contributed by atoms with E-state index in [-0.39, 0.29) is 5.56 Å². The molecule has 6 nitrogen and oxygen atoms in total. The van der Waals surface area contributed by atoms with Gasteiger partial charge in [0.2, 0.25) is 0 Å². The van der Waals surface area contributed by atoms with E-state index in [1.54, 1.807) is 0 Å². The van der Waals surface area contributed by atoms with Crippen LogP contribution in [0.5, 0.6) is 0 Å². The molecular weight excluding hydrogens is 223 g/mol. The van der Waals surface area contributed by atoms with Gasteiger partial charge in [-0.1, -0.05) is 6.07 Å². The van der Waals surface area contributed by atoms with Crippen molar-refractivity contribution in [1.29, 1.82) is 0 Å². The Labute approximate surface area is 84.3 Å². The molecule has 1 aromatic rings. The van der Waals surface area contributed by atoms with E-state index in [0.29, 0.717) is 6.29 Å². The van der Waals surface area contributed by atoms with Gasteiger partial charge in [0.15, 0.2) is 0 Å². The summed E-state index contributed by atoms with van der Waals surface area (Å²) in [5, 5.41) is 8.01. The smallest absolute Gasteiger partial charge is 0.357 e. The molecule has 0 saturated heterocycles. The van der Waals surface area contributed by atoms with Crippen molar-refractivity contribution in [2.24, 2.45) is 0 Å². The molecule has 7 heteroatoms. The average Bonchev–Trinajstić information content (AvgIpc) is 2.15. The minimum Gasteiger partial charge on any atom is -0.478 e. The quantitative estimate of drug-likeness (QED) is 0.497. The number of benzene rings is 1. The standard InChI is InChI=1S/C8H7O6P/c9-4-5-1-2-6(8(10)11)7(3-5)15(12,13)14/h1-4H,(H,10,11)(H2,12,13,14). The van der Waals surface area contributed by atoms with Gasteiger partial charge >= 0.3 is 13.6 Å². The Balaban J connectivity index is 3.49. The molecule has 0 saturated carbocycles. The fourth-order valence-corrected chi connectivity index (χ4v) is 1.85. The maximum absolute atomic E-state index is 10.9. The van der Waals surface area contributed by atoms with E-state index in [1.165, 1.54) is 6.07 Å². The maximum Gasteiger partial charge on any atom is 0.357 e. The Kier molecular flexibility index (Phi) is 3.04. The van der Waals surface area contributed by atoms with Gasteiger partial charge < -0.3 is 14.9 Å². The van der Waals surface area contributed by atoms with Crippen LogP contribution in [0.2, 0.25) is 0 Å². The zero-order chi connectivity index (χ0) is 11.6. The second-order valence-electron chi connectivity index (χ2n) is 2.74. The van der Waals surface area contributed by atoms with Gasteiger partial charge in [-0.05, 0) is 12.1 Å². The van der Waals surface area contributed by atoms with Gasteiger partial charge in [-0.2, -0.15) is 0 Å². The maximum atomic E-state index is 10.9. The monoisotopic (exact) mass is 230 g/mol. The molecule has 15 heavy (non-hydrogen) atoms. The summed E-state index contributed by atoms with van der Waals surface area (Å²) in [4.78, 5) is 38.7. The molecule has 0 aliphatic heterocycles. The average molecular weight is 230 g/mol. The zero-order valence-corrected chi connectivity index (χ0v) is 8.22. The number of carbonyl (C=O) groups excluding carboxylic acids is 1. The fourth-order valence-electron chi connectivity index (χ4n) is 1.04. The van der Waals surface area contributed by atoms with Crippen LogP contribution in [0.1, 0.15) is 20.7 Å². The van der Waals surface area contributed by atoms with Crippen molar-refractivity contribution < 1.29 is 29.0 Å². The predicted molar refractivity (Wildman–Crippen MR) is 50.5 cm³/mol. The number of aldehydes is 1. The van der Waals surface area contributed by atoms with Crippen molar-refractivity contribution in [2.45, 2.75) is 0 Å². The third-order valence-corrected chi connectivity index (χ3v) is 2.70. The molecule has 0 heterocycles. The van der Waals surface area contributed by atoms with E-state index in [2.05, 4.69) is 0 Å². The molecule has 0 amide bonds. The summed E-state index contributed by atoms with van der Waals surface area (Å²) in [7, 11) is -4.69. The number of hydrogen-bond acceptors (Lipinski definition) is 3. The lowest BCUT2D eigenvalue weighted by Crippen LogP contribution is -2.16. The van der Waals surface area contributed by atoms with Crippen LogP contribution in [0.4, 0.5) is 0 Å². The van der Waals surface area contributed by atoms with Crippen LogP contribution in [0.15, 0.2) is 18.2 Å². The molecule has 0 aliphatic rings. The summed E-state index contributed by atoms with van der Waals surface area (Å²) >= 11 is 0. The van der Waals surface area contributed by atoms with E-state index < -0.39 is 24.4 Å². The molecule has 0 atom stereocenters. The summed E-state index contributed by atoms with van der Waals surface area (Å²) in [6, 6.07) is 3.04. The second kappa shape index (κ2) is 3.94. The molecule has 0 spiro atoms. The highest BCUT2D eigenvalue weighted by Crippen LogP contribution is 2.34. The van der Waals surface area contributed by atoms with E-state index in [1.807, 2.05) is 0 Å². The SMILES string of the molecule is O=Cc1ccc(C(=O)O)c(P(=O)(O)O)c1. The van der Waals surface area contributed by atoms with E-state index in [0.717, 1.165) is 12.1 Å². The van der Waals surface area contributed by atoms with Gasteiger partial charge in [-0.3, -0.25) is 9.36 Å². The molecule has 0 aliphatic carbocycles. The molecule has 3 N–H and O–H groups in total. The number of carboxylic acids is 1. The zero-order valence-electron chi connectivity index (χ0n) is 7.32. The lowest BCUT2D eigenvalue weighted by atomic mass is 10.1. The highest BCUT2D eigenvalue weighted by molar-refractivity contribution is 7.60. The molecule has 0 bridgehead atoms. The fraction of sp³-hybridized carbons (Fsp3) is 0. The molecule has 1 rings (SSSR count). The first kappa shape index (κ1) is 11.6. The number of carbonyl (C=O) groups is 2. The highest BCUT2D eigenvalue weighted by atomic mass is 31.2.